The van der Waals surface area contributed by atoms with Crippen molar-refractivity contribution < 1.29 is 19.4 Å². The number of likely N-dealkylation sites (tertiary alicyclic amines) is 1. The summed E-state index contributed by atoms with van der Waals surface area (Å²) in [5.41, 5.74) is -0.759. The Morgan fingerprint density at radius 1 is 1.42 bits per heavy atom. The van der Waals surface area contributed by atoms with Crippen molar-refractivity contribution >= 4 is 12.0 Å². The molecule has 0 aromatic heterocycles. The highest BCUT2D eigenvalue weighted by molar-refractivity contribution is 5.80. The summed E-state index contributed by atoms with van der Waals surface area (Å²) in [4.78, 5) is 27.3. The number of carbonyl (C=O) groups excluding carboxylic acids is 1. The highest BCUT2D eigenvalue weighted by atomic mass is 16.5. The van der Waals surface area contributed by atoms with Crippen molar-refractivity contribution in [2.75, 3.05) is 32.8 Å². The van der Waals surface area contributed by atoms with Crippen LogP contribution in [0.5, 0.6) is 0 Å². The van der Waals surface area contributed by atoms with Crippen LogP contribution in [-0.4, -0.2) is 65.8 Å². The molecule has 0 saturated carbocycles. The highest BCUT2D eigenvalue weighted by Gasteiger charge is 2.46. The highest BCUT2D eigenvalue weighted by Crippen LogP contribution is 2.34. The summed E-state index contributed by atoms with van der Waals surface area (Å²) in [6, 6.07) is 0.00933. The molecule has 2 unspecified atom stereocenters. The monoisotopic (exact) mass is 270 g/mol. The van der Waals surface area contributed by atoms with Crippen LogP contribution >= 0.6 is 0 Å². The van der Waals surface area contributed by atoms with Crippen LogP contribution in [-0.2, 0) is 9.53 Å². The van der Waals surface area contributed by atoms with Crippen molar-refractivity contribution in [2.45, 2.75) is 32.7 Å². The lowest BCUT2D eigenvalue weighted by molar-refractivity contribution is -0.148. The number of carboxylic acid groups (broad SMARTS) is 1. The largest absolute Gasteiger partial charge is 0.481 e. The Labute approximate surface area is 113 Å². The average Bonchev–Trinajstić information content (AvgIpc) is 2.84. The molecule has 2 atom stereocenters. The summed E-state index contributed by atoms with van der Waals surface area (Å²) in [5.74, 6) is -0.791. The molecule has 2 heterocycles. The minimum atomic E-state index is -0.791. The minimum absolute atomic E-state index is 0.0487. The zero-order chi connectivity index (χ0) is 14.0. The Bertz CT molecular complexity index is 374. The number of rotatable bonds is 2. The molecule has 2 aliphatic heterocycles. The number of hydrogen-bond acceptors (Lipinski definition) is 3. The van der Waals surface area contributed by atoms with Crippen molar-refractivity contribution in [1.29, 1.82) is 0 Å². The molecular formula is C13H22N2O4. The third-order valence-electron chi connectivity index (χ3n) is 4.37. The summed E-state index contributed by atoms with van der Waals surface area (Å²) in [7, 11) is 0. The lowest BCUT2D eigenvalue weighted by atomic mass is 9.84. The molecule has 2 rings (SSSR count). The van der Waals surface area contributed by atoms with Gasteiger partial charge in [0.25, 0.3) is 0 Å². The lowest BCUT2D eigenvalue weighted by Crippen LogP contribution is -2.52. The van der Waals surface area contributed by atoms with Gasteiger partial charge >= 0.3 is 12.0 Å². The van der Waals surface area contributed by atoms with E-state index in [1.807, 2.05) is 13.8 Å². The Kier molecular flexibility index (Phi) is 3.99. The van der Waals surface area contributed by atoms with E-state index in [4.69, 9.17) is 4.74 Å². The van der Waals surface area contributed by atoms with Gasteiger partial charge in [0, 0.05) is 19.6 Å². The quantitative estimate of drug-likeness (QED) is 0.813. The zero-order valence-corrected chi connectivity index (χ0v) is 11.6. The number of amides is 2. The van der Waals surface area contributed by atoms with E-state index >= 15 is 0 Å². The maximum atomic E-state index is 12.4. The van der Waals surface area contributed by atoms with E-state index in [-0.39, 0.29) is 12.1 Å². The number of nitrogens with zero attached hydrogens (tertiary/aromatic N) is 2. The topological polar surface area (TPSA) is 70.1 Å². The SMILES string of the molecule is CCC1(C(=O)O)CCN(C(=O)N2CCOCC2C)C1. The third-order valence-corrected chi connectivity index (χ3v) is 4.37. The molecule has 6 heteroatoms. The molecule has 2 amide bonds. The molecule has 0 radical (unpaired) electrons. The van der Waals surface area contributed by atoms with Crippen LogP contribution in [0, 0.1) is 5.41 Å². The van der Waals surface area contributed by atoms with Crippen LogP contribution in [0.15, 0.2) is 0 Å². The first-order valence-electron chi connectivity index (χ1n) is 6.87. The molecule has 108 valence electrons. The van der Waals surface area contributed by atoms with Gasteiger partial charge in [-0.1, -0.05) is 6.92 Å². The number of carboxylic acids is 1. The van der Waals surface area contributed by atoms with Gasteiger partial charge in [-0.05, 0) is 19.8 Å². The van der Waals surface area contributed by atoms with Gasteiger partial charge in [-0.3, -0.25) is 4.79 Å². The van der Waals surface area contributed by atoms with Crippen molar-refractivity contribution in [3.8, 4) is 0 Å². The van der Waals surface area contributed by atoms with Gasteiger partial charge in [-0.2, -0.15) is 0 Å². The van der Waals surface area contributed by atoms with Gasteiger partial charge in [0.1, 0.15) is 0 Å². The fourth-order valence-electron chi connectivity index (χ4n) is 2.84. The fourth-order valence-corrected chi connectivity index (χ4v) is 2.84. The van der Waals surface area contributed by atoms with Crippen LogP contribution < -0.4 is 0 Å². The smallest absolute Gasteiger partial charge is 0.320 e. The van der Waals surface area contributed by atoms with E-state index < -0.39 is 11.4 Å². The molecule has 6 nitrogen and oxygen atoms in total. The van der Waals surface area contributed by atoms with E-state index in [0.29, 0.717) is 45.7 Å². The Morgan fingerprint density at radius 3 is 2.68 bits per heavy atom. The first kappa shape index (κ1) is 14.1. The van der Waals surface area contributed by atoms with Crippen LogP contribution in [0.2, 0.25) is 0 Å². The number of morpholine rings is 1. The van der Waals surface area contributed by atoms with E-state index in [1.165, 1.54) is 0 Å². The van der Waals surface area contributed by atoms with Crippen LogP contribution in [0.25, 0.3) is 0 Å². The summed E-state index contributed by atoms with van der Waals surface area (Å²) < 4.78 is 5.32. The maximum absolute atomic E-state index is 12.4. The molecule has 2 saturated heterocycles. The van der Waals surface area contributed by atoms with Gasteiger partial charge in [-0.25, -0.2) is 4.79 Å². The summed E-state index contributed by atoms with van der Waals surface area (Å²) in [6.45, 7) is 6.38. The summed E-state index contributed by atoms with van der Waals surface area (Å²) in [6.07, 6.45) is 1.11. The second-order valence-electron chi connectivity index (χ2n) is 5.51. The van der Waals surface area contributed by atoms with E-state index in [9.17, 15) is 14.7 Å². The van der Waals surface area contributed by atoms with Crippen LogP contribution in [0.4, 0.5) is 4.79 Å². The van der Waals surface area contributed by atoms with Gasteiger partial charge < -0.3 is 19.6 Å². The molecule has 0 spiro atoms. The van der Waals surface area contributed by atoms with Crippen molar-refractivity contribution in [1.82, 2.24) is 9.80 Å². The molecule has 0 aromatic carbocycles. The third kappa shape index (κ3) is 2.54. The normalized spacial score (nSPS) is 31.6. The van der Waals surface area contributed by atoms with E-state index in [1.54, 1.807) is 9.80 Å². The van der Waals surface area contributed by atoms with Crippen molar-refractivity contribution in [2.24, 2.45) is 5.41 Å². The maximum Gasteiger partial charge on any atom is 0.320 e. The zero-order valence-electron chi connectivity index (χ0n) is 11.6. The average molecular weight is 270 g/mol. The van der Waals surface area contributed by atoms with Gasteiger partial charge in [0.15, 0.2) is 0 Å². The molecule has 1 N–H and O–H groups in total. The van der Waals surface area contributed by atoms with Gasteiger partial charge in [0.2, 0.25) is 0 Å². The molecule has 0 aliphatic carbocycles. The molecule has 2 aliphatic rings. The first-order valence-corrected chi connectivity index (χ1v) is 6.87. The minimum Gasteiger partial charge on any atom is -0.481 e. The predicted molar refractivity (Wildman–Crippen MR) is 68.9 cm³/mol. The van der Waals surface area contributed by atoms with Crippen molar-refractivity contribution in [3.63, 3.8) is 0 Å². The molecule has 2 fully saturated rings. The van der Waals surface area contributed by atoms with Crippen LogP contribution in [0.1, 0.15) is 26.7 Å². The van der Waals surface area contributed by atoms with Crippen molar-refractivity contribution in [3.05, 3.63) is 0 Å². The van der Waals surface area contributed by atoms with E-state index in [2.05, 4.69) is 0 Å². The fraction of sp³-hybridized carbons (Fsp3) is 0.846. The van der Waals surface area contributed by atoms with E-state index in [0.717, 1.165) is 0 Å². The Hall–Kier alpha value is -1.30. The second-order valence-corrected chi connectivity index (χ2v) is 5.51. The summed E-state index contributed by atoms with van der Waals surface area (Å²) >= 11 is 0. The summed E-state index contributed by atoms with van der Waals surface area (Å²) in [5, 5.41) is 9.35. The number of carbonyl (C=O) groups is 2. The molecular weight excluding hydrogens is 248 g/mol. The first-order chi connectivity index (χ1) is 9.00. The molecule has 0 bridgehead atoms. The molecule has 19 heavy (non-hydrogen) atoms. The van der Waals surface area contributed by atoms with Gasteiger partial charge in [-0.15, -0.1) is 0 Å². The predicted octanol–water partition coefficient (Wildman–Crippen LogP) is 1.01. The molecule has 0 aromatic rings. The Balaban J connectivity index is 2.04. The second kappa shape index (κ2) is 5.36. The van der Waals surface area contributed by atoms with Crippen LogP contribution in [0.3, 0.4) is 0 Å². The number of aliphatic carboxylic acids is 1. The number of hydrogen-bond donors (Lipinski definition) is 1. The Morgan fingerprint density at radius 2 is 2.16 bits per heavy atom. The number of urea groups is 1. The standard InChI is InChI=1S/C13H22N2O4/c1-3-13(11(16)17)4-5-14(9-13)12(18)15-6-7-19-8-10(15)2/h10H,3-9H2,1-2H3,(H,16,17). The lowest BCUT2D eigenvalue weighted by Gasteiger charge is -2.36. The van der Waals surface area contributed by atoms with Gasteiger partial charge in [0.05, 0.1) is 24.7 Å². The number of ether oxygens (including phenoxy) is 1.